The van der Waals surface area contributed by atoms with Gasteiger partial charge in [-0.3, -0.25) is 0 Å². The van der Waals surface area contributed by atoms with Crippen molar-refractivity contribution < 1.29 is 4.74 Å². The molecule has 0 saturated carbocycles. The Morgan fingerprint density at radius 3 is 3.20 bits per heavy atom. The number of nitrogens with one attached hydrogen (secondary N) is 1. The summed E-state index contributed by atoms with van der Waals surface area (Å²) < 4.78 is 5.27. The van der Waals surface area contributed by atoms with E-state index in [2.05, 4.69) is 35.0 Å². The van der Waals surface area contributed by atoms with E-state index in [1.165, 1.54) is 30.4 Å². The van der Waals surface area contributed by atoms with Crippen molar-refractivity contribution in [3.63, 3.8) is 0 Å². The molecule has 1 atom stereocenters. The van der Waals surface area contributed by atoms with Gasteiger partial charge in [-0.15, -0.1) is 11.3 Å². The van der Waals surface area contributed by atoms with Gasteiger partial charge < -0.3 is 10.1 Å². The highest BCUT2D eigenvalue weighted by atomic mass is 32.1. The van der Waals surface area contributed by atoms with Crippen LogP contribution in [0.1, 0.15) is 34.9 Å². The van der Waals surface area contributed by atoms with Crippen molar-refractivity contribution in [3.8, 4) is 5.75 Å². The normalized spacial score (nSPS) is 17.8. The minimum atomic E-state index is 0.551. The molecule has 0 spiro atoms. The number of hydrogen-bond acceptors (Lipinski definition) is 3. The molecule has 1 aliphatic rings. The lowest BCUT2D eigenvalue weighted by Gasteiger charge is -2.23. The molecule has 106 valence electrons. The van der Waals surface area contributed by atoms with Crippen molar-refractivity contribution in [2.75, 3.05) is 13.7 Å². The van der Waals surface area contributed by atoms with Crippen LogP contribution in [0.4, 0.5) is 0 Å². The van der Waals surface area contributed by atoms with Crippen LogP contribution in [0.25, 0.3) is 0 Å². The molecule has 1 aliphatic carbocycles. The molecule has 3 heteroatoms. The first-order valence-corrected chi connectivity index (χ1v) is 8.17. The standard InChI is InChI=1S/C17H21NOS/c1-19-14-5-2-4-13(12-14)8-10-18-16-6-3-7-17-15(16)9-11-20-17/h2,4-5,9,11-12,16,18H,3,6-8,10H2,1H3. The Labute approximate surface area is 124 Å². The molecule has 1 aromatic heterocycles. The van der Waals surface area contributed by atoms with Crippen molar-refractivity contribution in [1.29, 1.82) is 0 Å². The van der Waals surface area contributed by atoms with E-state index in [1.807, 2.05) is 17.4 Å². The molecule has 2 aromatic rings. The third kappa shape index (κ3) is 3.05. The van der Waals surface area contributed by atoms with Crippen LogP contribution in [0.5, 0.6) is 5.75 Å². The van der Waals surface area contributed by atoms with Gasteiger partial charge in [0.2, 0.25) is 0 Å². The maximum atomic E-state index is 5.27. The van der Waals surface area contributed by atoms with Crippen molar-refractivity contribution in [1.82, 2.24) is 5.32 Å². The summed E-state index contributed by atoms with van der Waals surface area (Å²) in [5.74, 6) is 0.945. The number of fused-ring (bicyclic) bond motifs is 1. The van der Waals surface area contributed by atoms with Gasteiger partial charge in [-0.2, -0.15) is 0 Å². The van der Waals surface area contributed by atoms with Crippen LogP contribution in [-0.4, -0.2) is 13.7 Å². The smallest absolute Gasteiger partial charge is 0.119 e. The zero-order chi connectivity index (χ0) is 13.8. The van der Waals surface area contributed by atoms with Crippen LogP contribution in [0, 0.1) is 0 Å². The fourth-order valence-electron chi connectivity index (χ4n) is 2.92. The van der Waals surface area contributed by atoms with Crippen molar-refractivity contribution in [3.05, 3.63) is 51.7 Å². The predicted octanol–water partition coefficient (Wildman–Crippen LogP) is 3.97. The SMILES string of the molecule is COc1cccc(CCNC2CCCc3sccc32)c1. The largest absolute Gasteiger partial charge is 0.497 e. The molecule has 3 rings (SSSR count). The van der Waals surface area contributed by atoms with Gasteiger partial charge >= 0.3 is 0 Å². The van der Waals surface area contributed by atoms with Gasteiger partial charge in [-0.25, -0.2) is 0 Å². The Bertz CT molecular complexity index is 564. The van der Waals surface area contributed by atoms with E-state index in [9.17, 15) is 0 Å². The molecule has 2 nitrogen and oxygen atoms in total. The molecule has 0 fully saturated rings. The molecule has 0 saturated heterocycles. The number of ether oxygens (including phenoxy) is 1. The van der Waals surface area contributed by atoms with Gasteiger partial charge in [0.05, 0.1) is 7.11 Å². The third-order valence-corrected chi connectivity index (χ3v) is 4.99. The van der Waals surface area contributed by atoms with E-state index >= 15 is 0 Å². The molecule has 0 amide bonds. The summed E-state index contributed by atoms with van der Waals surface area (Å²) in [6.07, 6.45) is 4.89. The lowest BCUT2D eigenvalue weighted by molar-refractivity contribution is 0.414. The molecular weight excluding hydrogens is 266 g/mol. The van der Waals surface area contributed by atoms with Gasteiger partial charge in [0.15, 0.2) is 0 Å². The second kappa shape index (κ2) is 6.42. The summed E-state index contributed by atoms with van der Waals surface area (Å²) in [5.41, 5.74) is 2.87. The maximum Gasteiger partial charge on any atom is 0.119 e. The summed E-state index contributed by atoms with van der Waals surface area (Å²) in [6.45, 7) is 1.02. The van der Waals surface area contributed by atoms with Crippen LogP contribution in [0.2, 0.25) is 0 Å². The van der Waals surface area contributed by atoms with Crippen molar-refractivity contribution in [2.45, 2.75) is 31.7 Å². The molecule has 1 aromatic carbocycles. The Morgan fingerprint density at radius 2 is 2.30 bits per heavy atom. The highest BCUT2D eigenvalue weighted by molar-refractivity contribution is 7.10. The van der Waals surface area contributed by atoms with Crippen molar-refractivity contribution in [2.24, 2.45) is 0 Å². The van der Waals surface area contributed by atoms with E-state index in [1.54, 1.807) is 12.0 Å². The van der Waals surface area contributed by atoms with Crippen LogP contribution in [0.15, 0.2) is 35.7 Å². The Balaban J connectivity index is 1.56. The maximum absolute atomic E-state index is 5.27. The van der Waals surface area contributed by atoms with E-state index in [-0.39, 0.29) is 0 Å². The molecular formula is C17H21NOS. The first-order valence-electron chi connectivity index (χ1n) is 7.29. The molecule has 1 N–H and O–H groups in total. The second-order valence-electron chi connectivity index (χ2n) is 5.30. The zero-order valence-corrected chi connectivity index (χ0v) is 12.7. The summed E-state index contributed by atoms with van der Waals surface area (Å²) in [6, 6.07) is 11.2. The van der Waals surface area contributed by atoms with Gasteiger partial charge in [-0.05, 0) is 66.9 Å². The van der Waals surface area contributed by atoms with E-state index in [0.717, 1.165) is 18.7 Å². The van der Waals surface area contributed by atoms with Gasteiger partial charge in [-0.1, -0.05) is 12.1 Å². The van der Waals surface area contributed by atoms with Crippen molar-refractivity contribution >= 4 is 11.3 Å². The molecule has 0 bridgehead atoms. The van der Waals surface area contributed by atoms with E-state index in [0.29, 0.717) is 6.04 Å². The summed E-state index contributed by atoms with van der Waals surface area (Å²) in [5, 5.41) is 5.94. The minimum Gasteiger partial charge on any atom is -0.497 e. The van der Waals surface area contributed by atoms with Gasteiger partial charge in [0, 0.05) is 10.9 Å². The lowest BCUT2D eigenvalue weighted by atomic mass is 9.94. The number of thiophene rings is 1. The zero-order valence-electron chi connectivity index (χ0n) is 11.9. The topological polar surface area (TPSA) is 21.3 Å². The average Bonchev–Trinajstić information content (AvgIpc) is 2.97. The van der Waals surface area contributed by atoms with E-state index < -0.39 is 0 Å². The van der Waals surface area contributed by atoms with Crippen LogP contribution in [-0.2, 0) is 12.8 Å². The molecule has 0 radical (unpaired) electrons. The summed E-state index contributed by atoms with van der Waals surface area (Å²) in [4.78, 5) is 1.58. The molecule has 1 unspecified atom stereocenters. The number of hydrogen-bond donors (Lipinski definition) is 1. The number of aryl methyl sites for hydroxylation is 1. The highest BCUT2D eigenvalue weighted by Gasteiger charge is 2.20. The lowest BCUT2D eigenvalue weighted by Crippen LogP contribution is -2.26. The molecule has 20 heavy (non-hydrogen) atoms. The first kappa shape index (κ1) is 13.7. The number of benzene rings is 1. The number of methoxy groups -OCH3 is 1. The highest BCUT2D eigenvalue weighted by Crippen LogP contribution is 2.33. The third-order valence-electron chi connectivity index (χ3n) is 3.99. The fourth-order valence-corrected chi connectivity index (χ4v) is 3.90. The van der Waals surface area contributed by atoms with Gasteiger partial charge in [0.25, 0.3) is 0 Å². The van der Waals surface area contributed by atoms with Crippen LogP contribution >= 0.6 is 11.3 Å². The van der Waals surface area contributed by atoms with Gasteiger partial charge in [0.1, 0.15) is 5.75 Å². The predicted molar refractivity (Wildman–Crippen MR) is 84.7 cm³/mol. The van der Waals surface area contributed by atoms with E-state index in [4.69, 9.17) is 4.74 Å². The van der Waals surface area contributed by atoms with Crippen LogP contribution in [0.3, 0.4) is 0 Å². The second-order valence-corrected chi connectivity index (χ2v) is 6.30. The molecule has 0 aliphatic heterocycles. The number of rotatable bonds is 5. The minimum absolute atomic E-state index is 0.551. The Morgan fingerprint density at radius 1 is 1.35 bits per heavy atom. The summed E-state index contributed by atoms with van der Waals surface area (Å²) in [7, 11) is 1.72. The first-order chi connectivity index (χ1) is 9.86. The summed E-state index contributed by atoms with van der Waals surface area (Å²) >= 11 is 1.91. The quantitative estimate of drug-likeness (QED) is 0.898. The average molecular weight is 287 g/mol. The monoisotopic (exact) mass is 287 g/mol. The fraction of sp³-hybridized carbons (Fsp3) is 0.412. The molecule has 1 heterocycles. The Hall–Kier alpha value is -1.32. The van der Waals surface area contributed by atoms with Crippen LogP contribution < -0.4 is 10.1 Å². The Kier molecular flexibility index (Phi) is 4.38.